The molecule has 1 fully saturated rings. The largest absolute Gasteiger partial charge is 0.302 e. The number of hydrogen-bond donors (Lipinski definition) is 0. The molecule has 1 rings (SSSR count). The molecule has 0 aliphatic carbocycles. The molecule has 1 aliphatic heterocycles. The fourth-order valence-corrected chi connectivity index (χ4v) is 1.26. The Bertz CT molecular complexity index is 123. The van der Waals surface area contributed by atoms with E-state index in [1.807, 2.05) is 0 Å². The van der Waals surface area contributed by atoms with E-state index in [0.717, 1.165) is 13.1 Å². The van der Waals surface area contributed by atoms with Gasteiger partial charge >= 0.3 is 0 Å². The lowest BCUT2D eigenvalue weighted by Gasteiger charge is -2.09. The molecule has 0 radical (unpaired) electrons. The van der Waals surface area contributed by atoms with Crippen LogP contribution in [-0.2, 0) is 0 Å². The van der Waals surface area contributed by atoms with Crippen LogP contribution in [0, 0.1) is 18.3 Å². The lowest BCUT2D eigenvalue weighted by Crippen LogP contribution is -2.19. The van der Waals surface area contributed by atoms with Crippen molar-refractivity contribution in [1.29, 1.82) is 0 Å². The van der Waals surface area contributed by atoms with Crippen LogP contribution in [0.4, 0.5) is 0 Å². The fourth-order valence-electron chi connectivity index (χ4n) is 1.26. The summed E-state index contributed by atoms with van der Waals surface area (Å²) in [7, 11) is 0. The van der Waals surface area contributed by atoms with Crippen LogP contribution >= 0.6 is 0 Å². The van der Waals surface area contributed by atoms with Crippen LogP contribution in [0.15, 0.2) is 0 Å². The lowest BCUT2D eigenvalue weighted by atomic mass is 10.1. The van der Waals surface area contributed by atoms with E-state index in [1.54, 1.807) is 0 Å². The molecule has 1 heterocycles. The predicted molar refractivity (Wildman–Crippen MR) is 39.1 cm³/mol. The van der Waals surface area contributed by atoms with Gasteiger partial charge in [-0.15, -0.1) is 12.3 Å². The number of nitrogens with zero attached hydrogens (tertiary/aromatic N) is 1. The molecule has 0 aromatic heterocycles. The van der Waals surface area contributed by atoms with E-state index in [-0.39, 0.29) is 0 Å². The predicted octanol–water partition coefficient (Wildman–Crippen LogP) is 0.961. The minimum absolute atomic E-state index is 0.532. The van der Waals surface area contributed by atoms with Crippen molar-refractivity contribution >= 4 is 0 Å². The maximum Gasteiger partial charge on any atom is 0.0339 e. The quantitative estimate of drug-likeness (QED) is 0.469. The molecule has 0 spiro atoms. The van der Waals surface area contributed by atoms with Crippen molar-refractivity contribution < 1.29 is 0 Å². The average Bonchev–Trinajstić information content (AvgIpc) is 2.34. The molecule has 1 aliphatic rings. The van der Waals surface area contributed by atoms with Gasteiger partial charge in [-0.1, -0.05) is 6.92 Å². The first kappa shape index (κ1) is 6.64. The van der Waals surface area contributed by atoms with Gasteiger partial charge in [0, 0.05) is 12.5 Å². The van der Waals surface area contributed by atoms with E-state index in [1.165, 1.54) is 13.0 Å². The van der Waals surface area contributed by atoms with Gasteiger partial charge in [0.2, 0.25) is 0 Å². The monoisotopic (exact) mass is 123 g/mol. The van der Waals surface area contributed by atoms with Crippen molar-refractivity contribution in [2.45, 2.75) is 13.3 Å². The van der Waals surface area contributed by atoms with Crippen molar-refractivity contribution in [3.05, 3.63) is 0 Å². The maximum atomic E-state index is 5.27. The minimum atomic E-state index is 0.532. The molecule has 1 nitrogen and oxygen atoms in total. The van der Waals surface area contributed by atoms with Crippen molar-refractivity contribution in [2.24, 2.45) is 5.92 Å². The van der Waals surface area contributed by atoms with Gasteiger partial charge in [-0.25, -0.2) is 0 Å². The molecule has 0 aromatic rings. The highest BCUT2D eigenvalue weighted by molar-refractivity contribution is 4.97. The highest BCUT2D eigenvalue weighted by Gasteiger charge is 2.17. The van der Waals surface area contributed by atoms with Gasteiger partial charge in [0.15, 0.2) is 0 Å². The molecule has 0 amide bonds. The highest BCUT2D eigenvalue weighted by atomic mass is 15.1. The lowest BCUT2D eigenvalue weighted by molar-refractivity contribution is 0.352. The Morgan fingerprint density at radius 2 is 2.56 bits per heavy atom. The fraction of sp³-hybridized carbons (Fsp3) is 0.750. The summed E-state index contributed by atoms with van der Waals surface area (Å²) >= 11 is 0. The van der Waals surface area contributed by atoms with Crippen LogP contribution in [0.3, 0.4) is 0 Å². The van der Waals surface area contributed by atoms with E-state index in [0.29, 0.717) is 5.92 Å². The van der Waals surface area contributed by atoms with Gasteiger partial charge in [0.25, 0.3) is 0 Å². The van der Waals surface area contributed by atoms with Crippen LogP contribution in [0.25, 0.3) is 0 Å². The van der Waals surface area contributed by atoms with E-state index in [9.17, 15) is 0 Å². The van der Waals surface area contributed by atoms with Crippen molar-refractivity contribution in [2.75, 3.05) is 19.6 Å². The van der Waals surface area contributed by atoms with Gasteiger partial charge in [-0.05, 0) is 19.5 Å². The smallest absolute Gasteiger partial charge is 0.0339 e. The van der Waals surface area contributed by atoms with E-state index in [2.05, 4.69) is 17.7 Å². The normalized spacial score (nSPS) is 28.2. The number of hydrogen-bond acceptors (Lipinski definition) is 1. The summed E-state index contributed by atoms with van der Waals surface area (Å²) in [6.45, 7) is 5.65. The third-order valence-electron chi connectivity index (χ3n) is 1.96. The third kappa shape index (κ3) is 1.46. The standard InChI is InChI=1S/C8H13N/c1-3-8-5-6-9(4-2)7-8/h1,8H,4-7H2,2H3. The van der Waals surface area contributed by atoms with Crippen molar-refractivity contribution in [3.63, 3.8) is 0 Å². The Kier molecular flexibility index (Phi) is 2.13. The van der Waals surface area contributed by atoms with Gasteiger partial charge in [-0.2, -0.15) is 0 Å². The molecule has 0 saturated carbocycles. The summed E-state index contributed by atoms with van der Waals surface area (Å²) in [6, 6.07) is 0. The van der Waals surface area contributed by atoms with Crippen LogP contribution in [0.1, 0.15) is 13.3 Å². The highest BCUT2D eigenvalue weighted by Crippen LogP contribution is 2.13. The minimum Gasteiger partial charge on any atom is -0.302 e. The molecule has 1 unspecified atom stereocenters. The first-order chi connectivity index (χ1) is 4.36. The second-order valence-corrected chi connectivity index (χ2v) is 2.55. The third-order valence-corrected chi connectivity index (χ3v) is 1.96. The summed E-state index contributed by atoms with van der Waals surface area (Å²) in [5, 5.41) is 0. The Hall–Kier alpha value is -0.480. The van der Waals surface area contributed by atoms with Crippen LogP contribution in [0.5, 0.6) is 0 Å². The van der Waals surface area contributed by atoms with Gasteiger partial charge < -0.3 is 4.90 Å². The van der Waals surface area contributed by atoms with Crippen LogP contribution in [0.2, 0.25) is 0 Å². The van der Waals surface area contributed by atoms with Gasteiger partial charge in [0.1, 0.15) is 0 Å². The topological polar surface area (TPSA) is 3.24 Å². The summed E-state index contributed by atoms with van der Waals surface area (Å²) in [4.78, 5) is 2.39. The van der Waals surface area contributed by atoms with Crippen molar-refractivity contribution in [1.82, 2.24) is 4.90 Å². The van der Waals surface area contributed by atoms with Crippen LogP contribution in [-0.4, -0.2) is 24.5 Å². The van der Waals surface area contributed by atoms with E-state index in [4.69, 9.17) is 6.42 Å². The SMILES string of the molecule is C#CC1CCN(CC)C1. The summed E-state index contributed by atoms with van der Waals surface area (Å²) in [6.07, 6.45) is 6.47. The first-order valence-electron chi connectivity index (χ1n) is 3.55. The maximum absolute atomic E-state index is 5.27. The average molecular weight is 123 g/mol. The first-order valence-corrected chi connectivity index (χ1v) is 3.55. The summed E-state index contributed by atoms with van der Waals surface area (Å²) in [5.74, 6) is 3.32. The molecule has 9 heavy (non-hydrogen) atoms. The molecule has 0 bridgehead atoms. The van der Waals surface area contributed by atoms with Gasteiger partial charge in [-0.3, -0.25) is 0 Å². The zero-order chi connectivity index (χ0) is 6.69. The number of likely N-dealkylation sites (tertiary alicyclic amines) is 1. The summed E-state index contributed by atoms with van der Waals surface area (Å²) in [5.41, 5.74) is 0. The Labute approximate surface area is 57.0 Å². The Balaban J connectivity index is 2.31. The summed E-state index contributed by atoms with van der Waals surface area (Å²) < 4.78 is 0. The van der Waals surface area contributed by atoms with Crippen molar-refractivity contribution in [3.8, 4) is 12.3 Å². The van der Waals surface area contributed by atoms with Gasteiger partial charge in [0.05, 0.1) is 0 Å². The molecule has 0 aromatic carbocycles. The molecule has 1 saturated heterocycles. The molecular formula is C8H13N. The molecule has 0 N–H and O–H groups in total. The number of rotatable bonds is 1. The Morgan fingerprint density at radius 1 is 1.78 bits per heavy atom. The van der Waals surface area contributed by atoms with E-state index >= 15 is 0 Å². The molecule has 1 heteroatoms. The zero-order valence-electron chi connectivity index (χ0n) is 5.93. The molecular weight excluding hydrogens is 110 g/mol. The van der Waals surface area contributed by atoms with E-state index < -0.39 is 0 Å². The number of terminal acetylenes is 1. The second kappa shape index (κ2) is 2.89. The molecule has 1 atom stereocenters. The zero-order valence-corrected chi connectivity index (χ0v) is 5.93. The van der Waals surface area contributed by atoms with Crippen LogP contribution < -0.4 is 0 Å². The molecule has 50 valence electrons. The Morgan fingerprint density at radius 3 is 2.89 bits per heavy atom. The second-order valence-electron chi connectivity index (χ2n) is 2.55.